The molecule has 86 valence electrons. The van der Waals surface area contributed by atoms with E-state index in [9.17, 15) is 4.79 Å². The van der Waals surface area contributed by atoms with Crippen LogP contribution in [0.4, 0.5) is 0 Å². The topological polar surface area (TPSA) is 44.8 Å². The van der Waals surface area contributed by atoms with Crippen molar-refractivity contribution in [2.24, 2.45) is 5.41 Å². The highest BCUT2D eigenvalue weighted by Crippen LogP contribution is 2.56. The van der Waals surface area contributed by atoms with E-state index in [0.29, 0.717) is 13.2 Å². The molecule has 15 heavy (non-hydrogen) atoms. The van der Waals surface area contributed by atoms with Crippen LogP contribution in [0.3, 0.4) is 0 Å². The van der Waals surface area contributed by atoms with E-state index in [4.69, 9.17) is 14.2 Å². The van der Waals surface area contributed by atoms with Gasteiger partial charge in [-0.3, -0.25) is 4.79 Å². The first-order valence-corrected chi connectivity index (χ1v) is 5.57. The third-order valence-corrected chi connectivity index (χ3v) is 3.66. The highest BCUT2D eigenvalue weighted by Gasteiger charge is 2.65. The Bertz CT molecular complexity index is 251. The van der Waals surface area contributed by atoms with Gasteiger partial charge in [-0.05, 0) is 26.2 Å². The van der Waals surface area contributed by atoms with E-state index in [2.05, 4.69) is 0 Å². The second-order valence-electron chi connectivity index (χ2n) is 4.21. The Balaban J connectivity index is 2.31. The highest BCUT2D eigenvalue weighted by atomic mass is 16.7. The second-order valence-corrected chi connectivity index (χ2v) is 4.21. The van der Waals surface area contributed by atoms with E-state index >= 15 is 0 Å². The monoisotopic (exact) mass is 214 g/mol. The van der Waals surface area contributed by atoms with Crippen LogP contribution < -0.4 is 0 Å². The number of fused-ring (bicyclic) bond motifs is 1. The summed E-state index contributed by atoms with van der Waals surface area (Å²) in [5.74, 6) is -0.875. The third-order valence-electron chi connectivity index (χ3n) is 3.66. The summed E-state index contributed by atoms with van der Waals surface area (Å²) in [6.45, 7) is 3.09. The first-order valence-electron chi connectivity index (χ1n) is 5.57. The van der Waals surface area contributed by atoms with Crippen molar-refractivity contribution >= 4 is 5.97 Å². The fraction of sp³-hybridized carbons (Fsp3) is 0.909. The van der Waals surface area contributed by atoms with Crippen molar-refractivity contribution in [2.45, 2.75) is 38.4 Å². The molecule has 1 saturated heterocycles. The van der Waals surface area contributed by atoms with Crippen molar-refractivity contribution in [3.8, 4) is 0 Å². The van der Waals surface area contributed by atoms with E-state index in [1.54, 1.807) is 0 Å². The number of ether oxygens (including phenoxy) is 3. The summed E-state index contributed by atoms with van der Waals surface area (Å²) in [6, 6.07) is 0. The van der Waals surface area contributed by atoms with Crippen LogP contribution in [0.1, 0.15) is 32.6 Å². The summed E-state index contributed by atoms with van der Waals surface area (Å²) in [5.41, 5.74) is -0.544. The molecule has 2 fully saturated rings. The van der Waals surface area contributed by atoms with Gasteiger partial charge in [-0.25, -0.2) is 0 Å². The molecular weight excluding hydrogens is 196 g/mol. The Labute approximate surface area is 89.9 Å². The van der Waals surface area contributed by atoms with E-state index in [1.807, 2.05) is 6.92 Å². The molecule has 0 radical (unpaired) electrons. The minimum atomic E-state index is -0.700. The number of rotatable bonds is 3. The van der Waals surface area contributed by atoms with Crippen molar-refractivity contribution in [1.82, 2.24) is 0 Å². The van der Waals surface area contributed by atoms with Gasteiger partial charge in [-0.15, -0.1) is 0 Å². The van der Waals surface area contributed by atoms with Crippen LogP contribution in [0.15, 0.2) is 0 Å². The van der Waals surface area contributed by atoms with Gasteiger partial charge in [0.1, 0.15) is 5.41 Å². The standard InChI is InChI=1S/C11H18O4/c1-3-14-11-6-4-5-10(11,7-8-15-11)9(12)13-2/h3-8H2,1-2H3. The maximum Gasteiger partial charge on any atom is 0.317 e. The lowest BCUT2D eigenvalue weighted by molar-refractivity contribution is -0.247. The maximum atomic E-state index is 11.9. The smallest absolute Gasteiger partial charge is 0.317 e. The lowest BCUT2D eigenvalue weighted by Gasteiger charge is -2.36. The van der Waals surface area contributed by atoms with Crippen LogP contribution in [-0.4, -0.2) is 32.1 Å². The van der Waals surface area contributed by atoms with Gasteiger partial charge >= 0.3 is 5.97 Å². The van der Waals surface area contributed by atoms with Crippen molar-refractivity contribution in [2.75, 3.05) is 20.3 Å². The van der Waals surface area contributed by atoms with Crippen LogP contribution in [0.25, 0.3) is 0 Å². The van der Waals surface area contributed by atoms with Crippen LogP contribution in [-0.2, 0) is 19.0 Å². The number of hydrogen-bond donors (Lipinski definition) is 0. The van der Waals surface area contributed by atoms with E-state index in [1.165, 1.54) is 7.11 Å². The van der Waals surface area contributed by atoms with Gasteiger partial charge in [0.15, 0.2) is 5.79 Å². The zero-order chi connectivity index (χ0) is 10.9. The third kappa shape index (κ3) is 1.31. The molecular formula is C11H18O4. The average Bonchev–Trinajstić information content (AvgIpc) is 2.72. The maximum absolute atomic E-state index is 11.9. The summed E-state index contributed by atoms with van der Waals surface area (Å²) in [7, 11) is 1.43. The van der Waals surface area contributed by atoms with Crippen molar-refractivity contribution in [1.29, 1.82) is 0 Å². The van der Waals surface area contributed by atoms with Gasteiger partial charge in [-0.2, -0.15) is 0 Å². The van der Waals surface area contributed by atoms with Crippen LogP contribution >= 0.6 is 0 Å². The van der Waals surface area contributed by atoms with Gasteiger partial charge in [0.05, 0.1) is 13.7 Å². The summed E-state index contributed by atoms with van der Waals surface area (Å²) < 4.78 is 16.3. The molecule has 0 aromatic heterocycles. The molecule has 4 nitrogen and oxygen atoms in total. The largest absolute Gasteiger partial charge is 0.468 e. The molecule has 1 saturated carbocycles. The molecule has 4 heteroatoms. The summed E-state index contributed by atoms with van der Waals surface area (Å²) in [5, 5.41) is 0. The molecule has 1 heterocycles. The Morgan fingerprint density at radius 2 is 2.20 bits per heavy atom. The van der Waals surface area contributed by atoms with Gasteiger partial charge in [0.2, 0.25) is 0 Å². The molecule has 2 unspecified atom stereocenters. The highest BCUT2D eigenvalue weighted by molar-refractivity contribution is 5.79. The lowest BCUT2D eigenvalue weighted by atomic mass is 9.80. The van der Waals surface area contributed by atoms with Gasteiger partial charge in [-0.1, -0.05) is 0 Å². The quantitative estimate of drug-likeness (QED) is 0.667. The summed E-state index contributed by atoms with van der Waals surface area (Å²) >= 11 is 0. The Kier molecular flexibility index (Phi) is 2.73. The SMILES string of the molecule is CCOC12CCCC1(C(=O)OC)CCO2. The molecule has 0 bridgehead atoms. The Hall–Kier alpha value is -0.610. The molecule has 2 aliphatic rings. The molecule has 0 amide bonds. The van der Waals surface area contributed by atoms with E-state index < -0.39 is 11.2 Å². The zero-order valence-electron chi connectivity index (χ0n) is 9.38. The number of methoxy groups -OCH3 is 1. The summed E-state index contributed by atoms with van der Waals surface area (Å²) in [6.07, 6.45) is 3.31. The van der Waals surface area contributed by atoms with Crippen molar-refractivity contribution < 1.29 is 19.0 Å². The molecule has 0 N–H and O–H groups in total. The Morgan fingerprint density at radius 1 is 1.40 bits per heavy atom. The second kappa shape index (κ2) is 3.76. The first-order chi connectivity index (χ1) is 7.21. The van der Waals surface area contributed by atoms with E-state index in [-0.39, 0.29) is 5.97 Å². The Morgan fingerprint density at radius 3 is 2.87 bits per heavy atom. The first kappa shape index (κ1) is 10.9. The fourth-order valence-corrected chi connectivity index (χ4v) is 3.01. The number of carbonyl (C=O) groups is 1. The van der Waals surface area contributed by atoms with Crippen LogP contribution in [0.5, 0.6) is 0 Å². The zero-order valence-corrected chi connectivity index (χ0v) is 9.38. The normalized spacial score (nSPS) is 39.1. The van der Waals surface area contributed by atoms with Gasteiger partial charge in [0, 0.05) is 13.0 Å². The predicted molar refractivity (Wildman–Crippen MR) is 53.2 cm³/mol. The fourth-order valence-electron chi connectivity index (χ4n) is 3.01. The number of hydrogen-bond acceptors (Lipinski definition) is 4. The number of carbonyl (C=O) groups excluding carboxylic acids is 1. The molecule has 2 rings (SSSR count). The van der Waals surface area contributed by atoms with Gasteiger partial charge < -0.3 is 14.2 Å². The van der Waals surface area contributed by atoms with Crippen molar-refractivity contribution in [3.63, 3.8) is 0 Å². The van der Waals surface area contributed by atoms with Crippen LogP contribution in [0.2, 0.25) is 0 Å². The molecule has 1 aliphatic heterocycles. The van der Waals surface area contributed by atoms with Gasteiger partial charge in [0.25, 0.3) is 0 Å². The van der Waals surface area contributed by atoms with Crippen molar-refractivity contribution in [3.05, 3.63) is 0 Å². The summed E-state index contributed by atoms with van der Waals surface area (Å²) in [4.78, 5) is 11.9. The molecule has 0 spiro atoms. The lowest BCUT2D eigenvalue weighted by Crippen LogP contribution is -2.48. The average molecular weight is 214 g/mol. The minimum absolute atomic E-state index is 0.175. The molecule has 2 atom stereocenters. The minimum Gasteiger partial charge on any atom is -0.468 e. The predicted octanol–water partition coefficient (Wildman–Crippen LogP) is 1.48. The van der Waals surface area contributed by atoms with E-state index in [0.717, 1.165) is 25.7 Å². The number of esters is 1. The molecule has 0 aromatic carbocycles. The molecule has 0 aromatic rings. The molecule has 1 aliphatic carbocycles. The van der Waals surface area contributed by atoms with Crippen LogP contribution in [0, 0.1) is 5.41 Å².